The van der Waals surface area contributed by atoms with E-state index < -0.39 is 0 Å². The maximum Gasteiger partial charge on any atom is 0.118 e. The lowest BCUT2D eigenvalue weighted by Crippen LogP contribution is -2.43. The van der Waals surface area contributed by atoms with Gasteiger partial charge in [0.25, 0.3) is 0 Å². The molecular weight excluding hydrogens is 214 g/mol. The Morgan fingerprint density at radius 3 is 2.65 bits per heavy atom. The lowest BCUT2D eigenvalue weighted by Gasteiger charge is -2.32. The van der Waals surface area contributed by atoms with Crippen LogP contribution in [-0.2, 0) is 13.1 Å². The molecule has 2 heterocycles. The van der Waals surface area contributed by atoms with E-state index in [1.165, 1.54) is 18.7 Å². The van der Waals surface area contributed by atoms with Crippen LogP contribution in [0, 0.1) is 6.92 Å². The van der Waals surface area contributed by atoms with E-state index in [1.807, 2.05) is 7.05 Å². The van der Waals surface area contributed by atoms with Crippen LogP contribution >= 0.6 is 0 Å². The molecule has 1 aromatic rings. The summed E-state index contributed by atoms with van der Waals surface area (Å²) in [5, 5.41) is 3.12. The monoisotopic (exact) mass is 237 g/mol. The van der Waals surface area contributed by atoms with Gasteiger partial charge in [-0.2, -0.15) is 0 Å². The van der Waals surface area contributed by atoms with Gasteiger partial charge in [-0.1, -0.05) is 0 Å². The Morgan fingerprint density at radius 2 is 2.00 bits per heavy atom. The Bertz CT molecular complexity index is 354. The van der Waals surface area contributed by atoms with Gasteiger partial charge in [0.2, 0.25) is 0 Å². The van der Waals surface area contributed by atoms with Crippen molar-refractivity contribution in [3.05, 3.63) is 23.2 Å². The first kappa shape index (κ1) is 12.6. The molecule has 0 spiro atoms. The van der Waals surface area contributed by atoms with Crippen molar-refractivity contribution in [2.75, 3.05) is 40.3 Å². The molecule has 4 nitrogen and oxygen atoms in total. The van der Waals surface area contributed by atoms with Gasteiger partial charge >= 0.3 is 0 Å². The first-order valence-electron chi connectivity index (χ1n) is 6.32. The summed E-state index contributed by atoms with van der Waals surface area (Å²) in [6.07, 6.45) is 0. The SMILES string of the molecule is CNCc1cc(CN2CCN(C)CC2)c(C)o1. The largest absolute Gasteiger partial charge is 0.465 e. The Kier molecular flexibility index (Phi) is 4.20. The predicted octanol–water partition coefficient (Wildman–Crippen LogP) is 1.05. The van der Waals surface area contributed by atoms with Crippen LogP contribution in [0.1, 0.15) is 17.1 Å². The molecule has 1 fully saturated rings. The number of nitrogens with zero attached hydrogens (tertiary/aromatic N) is 2. The molecule has 0 atom stereocenters. The van der Waals surface area contributed by atoms with E-state index in [4.69, 9.17) is 4.42 Å². The highest BCUT2D eigenvalue weighted by molar-refractivity contribution is 5.20. The number of hydrogen-bond donors (Lipinski definition) is 1. The fourth-order valence-corrected chi connectivity index (χ4v) is 2.25. The van der Waals surface area contributed by atoms with Crippen LogP contribution < -0.4 is 5.32 Å². The molecule has 1 aromatic heterocycles. The molecule has 96 valence electrons. The van der Waals surface area contributed by atoms with Gasteiger partial charge in [0.05, 0.1) is 6.54 Å². The number of rotatable bonds is 4. The molecular formula is C13H23N3O. The van der Waals surface area contributed by atoms with Gasteiger partial charge in [0.15, 0.2) is 0 Å². The number of hydrogen-bond acceptors (Lipinski definition) is 4. The number of piperazine rings is 1. The molecule has 0 radical (unpaired) electrons. The zero-order chi connectivity index (χ0) is 12.3. The van der Waals surface area contributed by atoms with Gasteiger partial charge in [-0.3, -0.25) is 4.90 Å². The fourth-order valence-electron chi connectivity index (χ4n) is 2.25. The van der Waals surface area contributed by atoms with Crippen LogP contribution in [0.25, 0.3) is 0 Å². The zero-order valence-electron chi connectivity index (χ0n) is 11.1. The minimum absolute atomic E-state index is 0.809. The molecule has 1 aliphatic rings. The Balaban J connectivity index is 1.93. The summed E-state index contributed by atoms with van der Waals surface area (Å²) in [6, 6.07) is 2.18. The summed E-state index contributed by atoms with van der Waals surface area (Å²) in [5.74, 6) is 2.10. The fraction of sp³-hybridized carbons (Fsp3) is 0.692. The van der Waals surface area contributed by atoms with E-state index >= 15 is 0 Å². The van der Waals surface area contributed by atoms with Crippen LogP contribution in [0.15, 0.2) is 10.5 Å². The predicted molar refractivity (Wildman–Crippen MR) is 69.0 cm³/mol. The quantitative estimate of drug-likeness (QED) is 0.848. The van der Waals surface area contributed by atoms with Crippen LogP contribution in [0.3, 0.4) is 0 Å². The van der Waals surface area contributed by atoms with Crippen molar-refractivity contribution in [1.82, 2.24) is 15.1 Å². The number of likely N-dealkylation sites (N-methyl/N-ethyl adjacent to an activating group) is 1. The lowest BCUT2D eigenvalue weighted by atomic mass is 10.2. The van der Waals surface area contributed by atoms with Crippen molar-refractivity contribution in [2.24, 2.45) is 0 Å². The topological polar surface area (TPSA) is 31.6 Å². The molecule has 0 saturated carbocycles. The van der Waals surface area contributed by atoms with Crippen LogP contribution in [0.5, 0.6) is 0 Å². The van der Waals surface area contributed by atoms with E-state index in [2.05, 4.69) is 35.2 Å². The van der Waals surface area contributed by atoms with Crippen LogP contribution in [0.2, 0.25) is 0 Å². The second-order valence-corrected chi connectivity index (χ2v) is 4.90. The molecule has 4 heteroatoms. The van der Waals surface area contributed by atoms with E-state index in [0.29, 0.717) is 0 Å². The number of furan rings is 1. The van der Waals surface area contributed by atoms with Gasteiger partial charge in [-0.05, 0) is 27.1 Å². The Hall–Kier alpha value is -0.840. The molecule has 0 bridgehead atoms. The average Bonchev–Trinajstić information content (AvgIpc) is 2.63. The van der Waals surface area contributed by atoms with E-state index in [1.54, 1.807) is 0 Å². The van der Waals surface area contributed by atoms with Gasteiger partial charge in [0, 0.05) is 38.3 Å². The van der Waals surface area contributed by atoms with E-state index in [9.17, 15) is 0 Å². The van der Waals surface area contributed by atoms with Gasteiger partial charge in [0.1, 0.15) is 11.5 Å². The minimum Gasteiger partial charge on any atom is -0.465 e. The van der Waals surface area contributed by atoms with Gasteiger partial charge in [-0.15, -0.1) is 0 Å². The second kappa shape index (κ2) is 5.67. The highest BCUT2D eigenvalue weighted by Crippen LogP contribution is 2.17. The lowest BCUT2D eigenvalue weighted by molar-refractivity contribution is 0.147. The zero-order valence-corrected chi connectivity index (χ0v) is 11.1. The van der Waals surface area contributed by atoms with Crippen molar-refractivity contribution >= 4 is 0 Å². The normalized spacial score (nSPS) is 18.8. The minimum atomic E-state index is 0.809. The van der Waals surface area contributed by atoms with Crippen LogP contribution in [0.4, 0.5) is 0 Å². The highest BCUT2D eigenvalue weighted by Gasteiger charge is 2.16. The molecule has 2 rings (SSSR count). The average molecular weight is 237 g/mol. The summed E-state index contributed by atoms with van der Waals surface area (Å²) in [6.45, 7) is 8.53. The maximum atomic E-state index is 5.72. The van der Waals surface area contributed by atoms with Crippen molar-refractivity contribution in [3.63, 3.8) is 0 Å². The Labute approximate surface area is 104 Å². The molecule has 1 aliphatic heterocycles. The molecule has 0 amide bonds. The van der Waals surface area contributed by atoms with E-state index in [0.717, 1.165) is 37.7 Å². The summed E-state index contributed by atoms with van der Waals surface area (Å²) in [7, 11) is 4.13. The first-order chi connectivity index (χ1) is 8.19. The third-order valence-electron chi connectivity index (χ3n) is 3.41. The van der Waals surface area contributed by atoms with Crippen molar-refractivity contribution in [3.8, 4) is 0 Å². The van der Waals surface area contributed by atoms with Crippen molar-refractivity contribution < 1.29 is 4.42 Å². The highest BCUT2D eigenvalue weighted by atomic mass is 16.3. The molecule has 1 saturated heterocycles. The number of nitrogens with one attached hydrogen (secondary N) is 1. The third kappa shape index (κ3) is 3.31. The third-order valence-corrected chi connectivity index (χ3v) is 3.41. The molecule has 0 aliphatic carbocycles. The summed E-state index contributed by atoms with van der Waals surface area (Å²) in [5.41, 5.74) is 1.33. The molecule has 0 aromatic carbocycles. The van der Waals surface area contributed by atoms with Crippen molar-refractivity contribution in [1.29, 1.82) is 0 Å². The summed E-state index contributed by atoms with van der Waals surface area (Å²) >= 11 is 0. The van der Waals surface area contributed by atoms with E-state index in [-0.39, 0.29) is 0 Å². The standard InChI is InChI=1S/C13H23N3O/c1-11-12(8-13(17-11)9-14-2)10-16-6-4-15(3)5-7-16/h8,14H,4-7,9-10H2,1-3H3. The summed E-state index contributed by atoms with van der Waals surface area (Å²) in [4.78, 5) is 4.88. The second-order valence-electron chi connectivity index (χ2n) is 4.90. The maximum absolute atomic E-state index is 5.72. The Morgan fingerprint density at radius 1 is 1.29 bits per heavy atom. The van der Waals surface area contributed by atoms with Gasteiger partial charge in [-0.25, -0.2) is 0 Å². The molecule has 1 N–H and O–H groups in total. The first-order valence-corrected chi connectivity index (χ1v) is 6.32. The summed E-state index contributed by atoms with van der Waals surface area (Å²) < 4.78 is 5.72. The van der Waals surface area contributed by atoms with Crippen molar-refractivity contribution in [2.45, 2.75) is 20.0 Å². The van der Waals surface area contributed by atoms with Gasteiger partial charge < -0.3 is 14.6 Å². The molecule has 17 heavy (non-hydrogen) atoms. The number of aryl methyl sites for hydroxylation is 1. The smallest absolute Gasteiger partial charge is 0.118 e. The van der Waals surface area contributed by atoms with Crippen LogP contribution in [-0.4, -0.2) is 50.1 Å². The molecule has 0 unspecified atom stereocenters.